The first-order valence-corrected chi connectivity index (χ1v) is 9.17. The van der Waals surface area contributed by atoms with Crippen molar-refractivity contribution in [1.82, 2.24) is 19.9 Å². The molecule has 1 amide bonds. The number of aromatic nitrogens is 3. The van der Waals surface area contributed by atoms with Gasteiger partial charge < -0.3 is 9.80 Å². The van der Waals surface area contributed by atoms with Crippen LogP contribution in [0.3, 0.4) is 0 Å². The monoisotopic (exact) mass is 363 g/mol. The molecule has 7 nitrogen and oxygen atoms in total. The number of hydrogen-bond acceptors (Lipinski definition) is 6. The zero-order chi connectivity index (χ0) is 17.6. The van der Waals surface area contributed by atoms with Crippen LogP contribution in [0, 0.1) is 12.7 Å². The molecular weight excluding hydrogens is 345 g/mol. The quantitative estimate of drug-likeness (QED) is 0.894. The molecule has 2 aromatic rings. The van der Waals surface area contributed by atoms with Crippen LogP contribution in [0.1, 0.15) is 39.9 Å². The number of carbonyl (C=O) groups excluding carboxylic acids is 1. The van der Waals surface area contributed by atoms with Gasteiger partial charge in [0.2, 0.25) is 11.8 Å². The maximum Gasteiger partial charge on any atom is 0.288 e. The Morgan fingerprint density at radius 2 is 2.00 bits per heavy atom. The number of aromatic amines is 1. The van der Waals surface area contributed by atoms with Crippen molar-refractivity contribution in [2.45, 2.75) is 25.7 Å². The fraction of sp³-hybridized carbons (Fsp3) is 0.500. The summed E-state index contributed by atoms with van der Waals surface area (Å²) in [6.45, 7) is 3.96. The number of nitrogens with zero attached hydrogens (tertiary/aromatic N) is 4. The van der Waals surface area contributed by atoms with E-state index in [0.29, 0.717) is 37.8 Å². The lowest BCUT2D eigenvalue weighted by Gasteiger charge is -2.34. The first kappa shape index (κ1) is 16.2. The number of thiazole rings is 1. The molecular formula is C16H18FN5O2S. The fourth-order valence-electron chi connectivity index (χ4n) is 2.99. The molecule has 2 fully saturated rings. The summed E-state index contributed by atoms with van der Waals surface area (Å²) in [4.78, 5) is 39.0. The highest BCUT2D eigenvalue weighted by Crippen LogP contribution is 2.39. The van der Waals surface area contributed by atoms with Gasteiger partial charge in [-0.1, -0.05) is 0 Å². The van der Waals surface area contributed by atoms with Gasteiger partial charge in [-0.2, -0.15) is 4.39 Å². The van der Waals surface area contributed by atoms with Crippen molar-refractivity contribution in [3.63, 3.8) is 0 Å². The fourth-order valence-corrected chi connectivity index (χ4v) is 3.57. The molecule has 0 unspecified atom stereocenters. The molecule has 2 aromatic heterocycles. The Balaban J connectivity index is 1.47. The molecule has 0 aromatic carbocycles. The molecule has 0 spiro atoms. The highest BCUT2D eigenvalue weighted by atomic mass is 32.1. The van der Waals surface area contributed by atoms with Gasteiger partial charge in [-0.3, -0.25) is 14.6 Å². The Morgan fingerprint density at radius 1 is 1.28 bits per heavy atom. The van der Waals surface area contributed by atoms with E-state index in [0.717, 1.165) is 17.8 Å². The molecule has 4 rings (SSSR count). The van der Waals surface area contributed by atoms with Crippen LogP contribution in [0.15, 0.2) is 10.2 Å². The SMILES string of the molecule is Cc1nc(C(=O)N2CCN(c3nc(C4CC4)c(F)c(=O)[nH]3)CC2)cs1. The van der Waals surface area contributed by atoms with Crippen LogP contribution >= 0.6 is 11.3 Å². The van der Waals surface area contributed by atoms with Gasteiger partial charge in [0.1, 0.15) is 5.69 Å². The smallest absolute Gasteiger partial charge is 0.288 e. The Hall–Kier alpha value is -2.29. The largest absolute Gasteiger partial charge is 0.339 e. The lowest BCUT2D eigenvalue weighted by Crippen LogP contribution is -2.49. The van der Waals surface area contributed by atoms with Crippen LogP contribution in [-0.2, 0) is 0 Å². The van der Waals surface area contributed by atoms with Crippen molar-refractivity contribution >= 4 is 23.2 Å². The molecule has 2 aliphatic rings. The number of anilines is 1. The van der Waals surface area contributed by atoms with E-state index in [1.807, 2.05) is 11.8 Å². The maximum atomic E-state index is 13.9. The number of nitrogens with one attached hydrogen (secondary N) is 1. The molecule has 1 N–H and O–H groups in total. The minimum atomic E-state index is -0.765. The molecule has 1 aliphatic heterocycles. The van der Waals surface area contributed by atoms with Gasteiger partial charge >= 0.3 is 0 Å². The van der Waals surface area contributed by atoms with Gasteiger partial charge in [-0.05, 0) is 19.8 Å². The third kappa shape index (κ3) is 3.15. The Labute approximate surface area is 147 Å². The van der Waals surface area contributed by atoms with E-state index >= 15 is 0 Å². The predicted molar refractivity (Wildman–Crippen MR) is 91.8 cm³/mol. The zero-order valence-electron chi connectivity index (χ0n) is 13.8. The predicted octanol–water partition coefficient (Wildman–Crippen LogP) is 1.51. The molecule has 132 valence electrons. The van der Waals surface area contributed by atoms with Crippen LogP contribution in [0.4, 0.5) is 10.3 Å². The van der Waals surface area contributed by atoms with Gasteiger partial charge in [0, 0.05) is 37.5 Å². The summed E-state index contributed by atoms with van der Waals surface area (Å²) in [5.74, 6) is -0.385. The summed E-state index contributed by atoms with van der Waals surface area (Å²) in [5, 5.41) is 2.63. The van der Waals surface area contributed by atoms with Crippen LogP contribution in [0.2, 0.25) is 0 Å². The van der Waals surface area contributed by atoms with Crippen molar-refractivity contribution in [2.24, 2.45) is 0 Å². The van der Waals surface area contributed by atoms with Crippen molar-refractivity contribution in [3.8, 4) is 0 Å². The van der Waals surface area contributed by atoms with Crippen molar-refractivity contribution in [3.05, 3.63) is 37.9 Å². The van der Waals surface area contributed by atoms with E-state index in [9.17, 15) is 14.0 Å². The van der Waals surface area contributed by atoms with E-state index in [2.05, 4.69) is 15.0 Å². The standard InChI is InChI=1S/C16H18FN5O2S/c1-9-18-11(8-25-9)15(24)21-4-6-22(7-5-21)16-19-13(10-2-3-10)12(17)14(23)20-16/h8,10H,2-7H2,1H3,(H,19,20,23). The number of rotatable bonds is 3. The minimum absolute atomic E-state index is 0.0665. The van der Waals surface area contributed by atoms with Crippen LogP contribution in [0.5, 0.6) is 0 Å². The van der Waals surface area contributed by atoms with Crippen molar-refractivity contribution in [2.75, 3.05) is 31.1 Å². The molecule has 1 saturated heterocycles. The van der Waals surface area contributed by atoms with Gasteiger partial charge in [0.15, 0.2) is 0 Å². The zero-order valence-corrected chi connectivity index (χ0v) is 14.6. The van der Waals surface area contributed by atoms with E-state index in [1.54, 1.807) is 10.3 Å². The van der Waals surface area contributed by atoms with Crippen LogP contribution in [0.25, 0.3) is 0 Å². The molecule has 0 radical (unpaired) electrons. The van der Waals surface area contributed by atoms with Gasteiger partial charge in [0.05, 0.1) is 10.7 Å². The summed E-state index contributed by atoms with van der Waals surface area (Å²) in [6.07, 6.45) is 1.75. The van der Waals surface area contributed by atoms with Crippen molar-refractivity contribution in [1.29, 1.82) is 0 Å². The lowest BCUT2D eigenvalue weighted by atomic mass is 10.2. The van der Waals surface area contributed by atoms with Crippen LogP contribution < -0.4 is 10.5 Å². The van der Waals surface area contributed by atoms with E-state index < -0.39 is 11.4 Å². The van der Waals surface area contributed by atoms with E-state index in [-0.39, 0.29) is 17.5 Å². The second-order valence-electron chi connectivity index (χ2n) is 6.39. The summed E-state index contributed by atoms with van der Waals surface area (Å²) in [7, 11) is 0. The molecule has 0 bridgehead atoms. The number of carbonyl (C=O) groups is 1. The number of hydrogen-bond donors (Lipinski definition) is 1. The summed E-state index contributed by atoms with van der Waals surface area (Å²) in [5.41, 5.74) is 0.0267. The van der Waals surface area contributed by atoms with E-state index in [4.69, 9.17) is 0 Å². The number of aryl methyl sites for hydroxylation is 1. The maximum absolute atomic E-state index is 13.9. The number of halogens is 1. The van der Waals surface area contributed by atoms with E-state index in [1.165, 1.54) is 11.3 Å². The summed E-state index contributed by atoms with van der Waals surface area (Å²) >= 11 is 1.45. The topological polar surface area (TPSA) is 82.2 Å². The Kier molecular flexibility index (Phi) is 4.03. The average Bonchev–Trinajstić information content (AvgIpc) is 3.37. The molecule has 0 atom stereocenters. The molecule has 9 heteroatoms. The third-order valence-corrected chi connectivity index (χ3v) is 5.32. The summed E-state index contributed by atoms with van der Waals surface area (Å²) < 4.78 is 13.9. The second-order valence-corrected chi connectivity index (χ2v) is 7.46. The highest BCUT2D eigenvalue weighted by molar-refractivity contribution is 7.09. The minimum Gasteiger partial charge on any atom is -0.339 e. The van der Waals surface area contributed by atoms with Crippen LogP contribution in [-0.4, -0.2) is 51.9 Å². The first-order valence-electron chi connectivity index (χ1n) is 8.29. The second kappa shape index (κ2) is 6.21. The molecule has 25 heavy (non-hydrogen) atoms. The van der Waals surface area contributed by atoms with Gasteiger partial charge in [0.25, 0.3) is 11.5 Å². The average molecular weight is 363 g/mol. The normalized spacial score (nSPS) is 17.8. The first-order chi connectivity index (χ1) is 12.0. The highest BCUT2D eigenvalue weighted by Gasteiger charge is 2.31. The molecule has 3 heterocycles. The number of H-pyrrole nitrogens is 1. The molecule has 1 aliphatic carbocycles. The Morgan fingerprint density at radius 3 is 2.60 bits per heavy atom. The third-order valence-electron chi connectivity index (χ3n) is 4.54. The van der Waals surface area contributed by atoms with Gasteiger partial charge in [-0.25, -0.2) is 9.97 Å². The number of piperazine rings is 1. The molecule has 1 saturated carbocycles. The summed E-state index contributed by atoms with van der Waals surface area (Å²) in [6, 6.07) is 0. The lowest BCUT2D eigenvalue weighted by molar-refractivity contribution is 0.0741. The van der Waals surface area contributed by atoms with Crippen molar-refractivity contribution < 1.29 is 9.18 Å². The number of amides is 1. The Bertz CT molecular complexity index is 868. The van der Waals surface area contributed by atoms with Gasteiger partial charge in [-0.15, -0.1) is 11.3 Å².